The van der Waals surface area contributed by atoms with E-state index in [0.717, 1.165) is 0 Å². The van der Waals surface area contributed by atoms with Crippen molar-refractivity contribution in [3.8, 4) is 0 Å². The number of para-hydroxylation sites is 1. The van der Waals surface area contributed by atoms with Crippen molar-refractivity contribution in [2.75, 3.05) is 17.4 Å². The van der Waals surface area contributed by atoms with E-state index in [0.29, 0.717) is 5.69 Å². The largest absolute Gasteiger partial charge is 0.355 e. The van der Waals surface area contributed by atoms with E-state index in [-0.39, 0.29) is 27.9 Å². The number of nitro groups is 1. The molecule has 0 aliphatic rings. The molecule has 10 heteroatoms. The van der Waals surface area contributed by atoms with Crippen LogP contribution in [0, 0.1) is 10.1 Å². The van der Waals surface area contributed by atoms with Crippen molar-refractivity contribution in [3.05, 3.63) is 81.6 Å². The van der Waals surface area contributed by atoms with E-state index < -0.39 is 10.8 Å². The summed E-state index contributed by atoms with van der Waals surface area (Å²) >= 11 is 5.99. The molecule has 0 unspecified atom stereocenters. The molecular weight excluding hydrogens is 384 g/mol. The molecule has 2 aromatic carbocycles. The number of carbonyl (C=O) groups excluding carboxylic acids is 1. The van der Waals surface area contributed by atoms with Gasteiger partial charge in [-0.2, -0.15) is 0 Å². The maximum Gasteiger partial charge on any atom is 0.355 e. The third-order valence-electron chi connectivity index (χ3n) is 3.86. The minimum Gasteiger partial charge on any atom is -0.324 e. The molecule has 0 aliphatic carbocycles. The summed E-state index contributed by atoms with van der Waals surface area (Å²) in [6, 6.07) is 15.5. The van der Waals surface area contributed by atoms with Gasteiger partial charge >= 0.3 is 5.69 Å². The van der Waals surface area contributed by atoms with Crippen LogP contribution in [0.25, 0.3) is 0 Å². The average molecular weight is 399 g/mol. The highest BCUT2D eigenvalue weighted by atomic mass is 35.5. The summed E-state index contributed by atoms with van der Waals surface area (Å²) in [5.41, 5.74) is 5.40. The van der Waals surface area contributed by atoms with E-state index in [1.165, 1.54) is 12.4 Å². The zero-order valence-corrected chi connectivity index (χ0v) is 15.4. The van der Waals surface area contributed by atoms with Crippen LogP contribution in [0.15, 0.2) is 60.9 Å². The third-order valence-corrected chi connectivity index (χ3v) is 4.19. The molecule has 0 bridgehead atoms. The first-order valence-corrected chi connectivity index (χ1v) is 8.46. The molecule has 2 N–H and O–H groups in total. The highest BCUT2D eigenvalue weighted by molar-refractivity contribution is 6.33. The molecule has 3 rings (SSSR count). The number of hydrogen-bond donors (Lipinski definition) is 2. The Bertz CT molecular complexity index is 1020. The van der Waals surface area contributed by atoms with Crippen LogP contribution in [0.4, 0.5) is 23.0 Å². The predicted molar refractivity (Wildman–Crippen MR) is 106 cm³/mol. The van der Waals surface area contributed by atoms with Crippen molar-refractivity contribution in [3.63, 3.8) is 0 Å². The van der Waals surface area contributed by atoms with Gasteiger partial charge in [-0.3, -0.25) is 25.8 Å². The number of carbonyl (C=O) groups is 1. The number of nitrogens with zero attached hydrogens (tertiary/aromatic N) is 4. The van der Waals surface area contributed by atoms with Crippen molar-refractivity contribution in [2.24, 2.45) is 0 Å². The normalized spacial score (nSPS) is 10.2. The molecule has 0 fully saturated rings. The number of amides is 1. The fourth-order valence-electron chi connectivity index (χ4n) is 2.48. The minimum atomic E-state index is -0.612. The zero-order valence-electron chi connectivity index (χ0n) is 14.7. The topological polar surface area (TPSA) is 113 Å². The number of nitrogens with one attached hydrogen (secondary N) is 2. The van der Waals surface area contributed by atoms with E-state index in [2.05, 4.69) is 20.8 Å². The number of hydrazine groups is 1. The van der Waals surface area contributed by atoms with Crippen LogP contribution in [-0.2, 0) is 0 Å². The Morgan fingerprint density at radius 1 is 1.11 bits per heavy atom. The molecule has 0 radical (unpaired) electrons. The maximum atomic E-state index is 12.3. The first-order valence-electron chi connectivity index (χ1n) is 8.08. The Kier molecular flexibility index (Phi) is 5.66. The Morgan fingerprint density at radius 3 is 2.46 bits per heavy atom. The van der Waals surface area contributed by atoms with Gasteiger partial charge in [0, 0.05) is 12.7 Å². The molecule has 1 aromatic heterocycles. The fraction of sp³-hybridized carbons (Fsp3) is 0.0556. The van der Waals surface area contributed by atoms with Gasteiger partial charge in [0.15, 0.2) is 0 Å². The molecule has 0 spiro atoms. The summed E-state index contributed by atoms with van der Waals surface area (Å²) in [6.45, 7) is 0. The Hall–Kier alpha value is -3.72. The second-order valence-corrected chi connectivity index (χ2v) is 6.01. The lowest BCUT2D eigenvalue weighted by molar-refractivity contribution is -0.383. The van der Waals surface area contributed by atoms with Gasteiger partial charge in [-0.1, -0.05) is 41.9 Å². The van der Waals surface area contributed by atoms with Crippen molar-refractivity contribution in [1.82, 2.24) is 15.4 Å². The Morgan fingerprint density at radius 2 is 1.79 bits per heavy atom. The molecule has 0 atom stereocenters. The van der Waals surface area contributed by atoms with Crippen LogP contribution in [0.2, 0.25) is 5.02 Å². The maximum absolute atomic E-state index is 12.3. The summed E-state index contributed by atoms with van der Waals surface area (Å²) in [7, 11) is 1.65. The zero-order chi connectivity index (χ0) is 20.1. The second kappa shape index (κ2) is 8.31. The van der Waals surface area contributed by atoms with Crippen molar-refractivity contribution in [2.45, 2.75) is 0 Å². The van der Waals surface area contributed by atoms with Crippen LogP contribution in [-0.4, -0.2) is 27.8 Å². The molecule has 0 saturated carbocycles. The number of aromatic nitrogens is 2. The van der Waals surface area contributed by atoms with Gasteiger partial charge in [-0.15, -0.1) is 0 Å². The number of anilines is 3. The van der Waals surface area contributed by atoms with E-state index in [4.69, 9.17) is 11.6 Å². The lowest BCUT2D eigenvalue weighted by Crippen LogP contribution is -2.30. The molecule has 28 heavy (non-hydrogen) atoms. The lowest BCUT2D eigenvalue weighted by atomic mass is 10.2. The summed E-state index contributed by atoms with van der Waals surface area (Å²) < 4.78 is 0. The average Bonchev–Trinajstić information content (AvgIpc) is 2.72. The van der Waals surface area contributed by atoms with Gasteiger partial charge in [-0.05, 0) is 24.3 Å². The molecule has 3 aromatic rings. The minimum absolute atomic E-state index is 0.0701. The van der Waals surface area contributed by atoms with Crippen LogP contribution in [0.1, 0.15) is 10.4 Å². The summed E-state index contributed by atoms with van der Waals surface area (Å²) in [6.07, 6.45) is 1.17. The smallest absolute Gasteiger partial charge is 0.324 e. The molecule has 0 saturated heterocycles. The quantitative estimate of drug-likeness (QED) is 0.482. The molecule has 0 aliphatic heterocycles. The first-order chi connectivity index (χ1) is 13.5. The van der Waals surface area contributed by atoms with Crippen LogP contribution < -0.4 is 15.8 Å². The van der Waals surface area contributed by atoms with Gasteiger partial charge < -0.3 is 4.90 Å². The first kappa shape index (κ1) is 19.1. The number of halogens is 1. The monoisotopic (exact) mass is 398 g/mol. The predicted octanol–water partition coefficient (Wildman–Crippen LogP) is 3.56. The number of benzene rings is 2. The Labute approximate surface area is 165 Å². The van der Waals surface area contributed by atoms with Crippen molar-refractivity contribution < 1.29 is 9.72 Å². The highest BCUT2D eigenvalue weighted by Gasteiger charge is 2.26. The standard InChI is InChI=1S/C18H15ClN6O3/c1-24(12-7-3-2-4-8-12)17-15(25(27)28)16(20-11-21-17)22-23-18(26)13-9-5-6-10-14(13)19/h2-11H,1H3,(H,23,26)(H,20,21,22). The van der Waals surface area contributed by atoms with Crippen LogP contribution in [0.3, 0.4) is 0 Å². The molecule has 1 amide bonds. The number of hydrogen-bond acceptors (Lipinski definition) is 7. The molecule has 9 nitrogen and oxygen atoms in total. The summed E-state index contributed by atoms with van der Waals surface area (Å²) in [5.74, 6) is -0.643. The SMILES string of the molecule is CN(c1ccccc1)c1ncnc(NNC(=O)c2ccccc2Cl)c1[N+](=O)[O-]. The van der Waals surface area contributed by atoms with E-state index >= 15 is 0 Å². The Balaban J connectivity index is 1.89. The van der Waals surface area contributed by atoms with Crippen molar-refractivity contribution >= 4 is 40.5 Å². The number of rotatable bonds is 6. The van der Waals surface area contributed by atoms with Crippen molar-refractivity contribution in [1.29, 1.82) is 0 Å². The fourth-order valence-corrected chi connectivity index (χ4v) is 2.70. The van der Waals surface area contributed by atoms with Crippen LogP contribution in [0.5, 0.6) is 0 Å². The van der Waals surface area contributed by atoms with E-state index in [1.807, 2.05) is 18.2 Å². The summed E-state index contributed by atoms with van der Waals surface area (Å²) in [4.78, 5) is 32.8. The third kappa shape index (κ3) is 3.99. The molecule has 142 valence electrons. The van der Waals surface area contributed by atoms with E-state index in [9.17, 15) is 14.9 Å². The van der Waals surface area contributed by atoms with Gasteiger partial charge in [0.25, 0.3) is 5.91 Å². The van der Waals surface area contributed by atoms with E-state index in [1.54, 1.807) is 42.3 Å². The molecule has 1 heterocycles. The van der Waals surface area contributed by atoms with Gasteiger partial charge in [0.05, 0.1) is 15.5 Å². The summed E-state index contributed by atoms with van der Waals surface area (Å²) in [5, 5.41) is 11.9. The van der Waals surface area contributed by atoms with Crippen LogP contribution >= 0.6 is 11.6 Å². The second-order valence-electron chi connectivity index (χ2n) is 5.61. The van der Waals surface area contributed by atoms with Gasteiger partial charge in [0.2, 0.25) is 11.6 Å². The highest BCUT2D eigenvalue weighted by Crippen LogP contribution is 2.34. The lowest BCUT2D eigenvalue weighted by Gasteiger charge is -2.19. The molecular formula is C18H15ClN6O3. The van der Waals surface area contributed by atoms with Gasteiger partial charge in [0.1, 0.15) is 6.33 Å². The van der Waals surface area contributed by atoms with Gasteiger partial charge in [-0.25, -0.2) is 9.97 Å².